The van der Waals surface area contributed by atoms with Crippen LogP contribution in [0.3, 0.4) is 0 Å². The SMILES string of the molecule is NCCC(=O)N1CCN(c2cccc3ccccc23)CC1. The zero-order chi connectivity index (χ0) is 14.7. The molecule has 0 aromatic heterocycles. The van der Waals surface area contributed by atoms with E-state index in [0.717, 1.165) is 26.2 Å². The molecule has 0 unspecified atom stereocenters. The summed E-state index contributed by atoms with van der Waals surface area (Å²) >= 11 is 0. The molecule has 21 heavy (non-hydrogen) atoms. The molecule has 1 amide bonds. The first-order valence-electron chi connectivity index (χ1n) is 7.50. The fourth-order valence-corrected chi connectivity index (χ4v) is 2.96. The number of hydrogen-bond acceptors (Lipinski definition) is 3. The normalized spacial score (nSPS) is 15.5. The molecule has 2 aromatic rings. The third-order valence-electron chi connectivity index (χ3n) is 4.10. The lowest BCUT2D eigenvalue weighted by atomic mass is 10.1. The summed E-state index contributed by atoms with van der Waals surface area (Å²) in [5.41, 5.74) is 6.72. The number of nitrogens with zero attached hydrogens (tertiary/aromatic N) is 2. The second kappa shape index (κ2) is 6.14. The Labute approximate surface area is 125 Å². The highest BCUT2D eigenvalue weighted by Crippen LogP contribution is 2.27. The minimum Gasteiger partial charge on any atom is -0.367 e. The van der Waals surface area contributed by atoms with E-state index in [1.165, 1.54) is 16.5 Å². The van der Waals surface area contributed by atoms with Crippen molar-refractivity contribution < 1.29 is 4.79 Å². The number of hydrogen-bond donors (Lipinski definition) is 1. The highest BCUT2D eigenvalue weighted by Gasteiger charge is 2.21. The molecule has 3 rings (SSSR count). The van der Waals surface area contributed by atoms with E-state index in [9.17, 15) is 4.79 Å². The van der Waals surface area contributed by atoms with Crippen LogP contribution in [-0.4, -0.2) is 43.5 Å². The fraction of sp³-hybridized carbons (Fsp3) is 0.353. The number of benzene rings is 2. The molecular formula is C17H21N3O. The molecule has 0 atom stereocenters. The molecule has 1 aliphatic heterocycles. The van der Waals surface area contributed by atoms with Gasteiger partial charge in [-0.3, -0.25) is 4.79 Å². The number of piperazine rings is 1. The van der Waals surface area contributed by atoms with Gasteiger partial charge in [0.1, 0.15) is 0 Å². The van der Waals surface area contributed by atoms with Crippen LogP contribution in [0.1, 0.15) is 6.42 Å². The number of fused-ring (bicyclic) bond motifs is 1. The lowest BCUT2D eigenvalue weighted by molar-refractivity contribution is -0.131. The van der Waals surface area contributed by atoms with Crippen LogP contribution in [-0.2, 0) is 4.79 Å². The van der Waals surface area contributed by atoms with Gasteiger partial charge in [-0.25, -0.2) is 0 Å². The maximum absolute atomic E-state index is 11.9. The van der Waals surface area contributed by atoms with E-state index in [2.05, 4.69) is 47.4 Å². The quantitative estimate of drug-likeness (QED) is 0.935. The Balaban J connectivity index is 1.76. The Morgan fingerprint density at radius 3 is 2.48 bits per heavy atom. The van der Waals surface area contributed by atoms with Gasteiger partial charge in [-0.05, 0) is 11.5 Å². The van der Waals surface area contributed by atoms with Crippen molar-refractivity contribution in [1.82, 2.24) is 4.90 Å². The van der Waals surface area contributed by atoms with E-state index < -0.39 is 0 Å². The molecular weight excluding hydrogens is 262 g/mol. The highest BCUT2D eigenvalue weighted by molar-refractivity contribution is 5.94. The van der Waals surface area contributed by atoms with Gasteiger partial charge >= 0.3 is 0 Å². The van der Waals surface area contributed by atoms with E-state index in [1.807, 2.05) is 4.90 Å². The lowest BCUT2D eigenvalue weighted by Gasteiger charge is -2.36. The molecule has 0 saturated carbocycles. The molecule has 0 radical (unpaired) electrons. The Morgan fingerprint density at radius 2 is 1.71 bits per heavy atom. The van der Waals surface area contributed by atoms with Crippen molar-refractivity contribution in [1.29, 1.82) is 0 Å². The summed E-state index contributed by atoms with van der Waals surface area (Å²) in [6.07, 6.45) is 0.453. The van der Waals surface area contributed by atoms with Gasteiger partial charge in [0.05, 0.1) is 0 Å². The van der Waals surface area contributed by atoms with Crippen LogP contribution in [0, 0.1) is 0 Å². The minimum absolute atomic E-state index is 0.176. The van der Waals surface area contributed by atoms with Crippen molar-refractivity contribution >= 4 is 22.4 Å². The largest absolute Gasteiger partial charge is 0.367 e. The van der Waals surface area contributed by atoms with Gasteiger partial charge in [0.2, 0.25) is 5.91 Å². The van der Waals surface area contributed by atoms with Gasteiger partial charge < -0.3 is 15.5 Å². The molecule has 4 heteroatoms. The number of carbonyl (C=O) groups is 1. The summed E-state index contributed by atoms with van der Waals surface area (Å²) in [6, 6.07) is 14.8. The summed E-state index contributed by atoms with van der Waals surface area (Å²) in [5.74, 6) is 0.176. The molecule has 1 fully saturated rings. The van der Waals surface area contributed by atoms with Crippen LogP contribution in [0.5, 0.6) is 0 Å². The van der Waals surface area contributed by atoms with Gasteiger partial charge in [-0.15, -0.1) is 0 Å². The summed E-state index contributed by atoms with van der Waals surface area (Å²) in [5, 5.41) is 2.54. The predicted molar refractivity (Wildman–Crippen MR) is 86.4 cm³/mol. The first-order valence-corrected chi connectivity index (χ1v) is 7.50. The van der Waals surface area contributed by atoms with Crippen LogP contribution in [0.25, 0.3) is 10.8 Å². The third kappa shape index (κ3) is 2.85. The van der Waals surface area contributed by atoms with Crippen molar-refractivity contribution in [3.8, 4) is 0 Å². The molecule has 1 aliphatic rings. The summed E-state index contributed by atoms with van der Waals surface area (Å²) in [6.45, 7) is 3.75. The van der Waals surface area contributed by atoms with Crippen LogP contribution in [0.4, 0.5) is 5.69 Å². The van der Waals surface area contributed by atoms with Gasteiger partial charge in [0, 0.05) is 50.2 Å². The topological polar surface area (TPSA) is 49.6 Å². The minimum atomic E-state index is 0.176. The number of nitrogens with two attached hydrogens (primary N) is 1. The van der Waals surface area contributed by atoms with Crippen LogP contribution in [0.15, 0.2) is 42.5 Å². The summed E-state index contributed by atoms with van der Waals surface area (Å²) < 4.78 is 0. The smallest absolute Gasteiger partial charge is 0.223 e. The van der Waals surface area contributed by atoms with Crippen molar-refractivity contribution in [3.63, 3.8) is 0 Å². The molecule has 4 nitrogen and oxygen atoms in total. The third-order valence-corrected chi connectivity index (χ3v) is 4.10. The summed E-state index contributed by atoms with van der Waals surface area (Å²) in [4.78, 5) is 16.2. The lowest BCUT2D eigenvalue weighted by Crippen LogP contribution is -2.49. The van der Waals surface area contributed by atoms with E-state index in [1.54, 1.807) is 0 Å². The van der Waals surface area contributed by atoms with Gasteiger partial charge in [-0.1, -0.05) is 36.4 Å². The fourth-order valence-electron chi connectivity index (χ4n) is 2.96. The number of rotatable bonds is 3. The predicted octanol–water partition coefficient (Wildman–Crippen LogP) is 1.84. The maximum atomic E-state index is 11.9. The molecule has 1 heterocycles. The van der Waals surface area contributed by atoms with Crippen molar-refractivity contribution in [2.45, 2.75) is 6.42 Å². The van der Waals surface area contributed by atoms with Gasteiger partial charge in [0.15, 0.2) is 0 Å². The first kappa shape index (κ1) is 13.9. The van der Waals surface area contributed by atoms with Crippen LogP contribution < -0.4 is 10.6 Å². The Hall–Kier alpha value is -2.07. The monoisotopic (exact) mass is 283 g/mol. The maximum Gasteiger partial charge on any atom is 0.223 e. The zero-order valence-corrected chi connectivity index (χ0v) is 12.2. The van der Waals surface area contributed by atoms with Crippen molar-refractivity contribution in [2.24, 2.45) is 5.73 Å². The molecule has 110 valence electrons. The number of anilines is 1. The molecule has 2 aromatic carbocycles. The highest BCUT2D eigenvalue weighted by atomic mass is 16.2. The van der Waals surface area contributed by atoms with Gasteiger partial charge in [-0.2, -0.15) is 0 Å². The van der Waals surface area contributed by atoms with Crippen LogP contribution in [0.2, 0.25) is 0 Å². The van der Waals surface area contributed by atoms with Crippen molar-refractivity contribution in [2.75, 3.05) is 37.6 Å². The van der Waals surface area contributed by atoms with Crippen molar-refractivity contribution in [3.05, 3.63) is 42.5 Å². The van der Waals surface area contributed by atoms with E-state index in [4.69, 9.17) is 5.73 Å². The average Bonchev–Trinajstić information content (AvgIpc) is 2.55. The van der Waals surface area contributed by atoms with Gasteiger partial charge in [0.25, 0.3) is 0 Å². The molecule has 0 spiro atoms. The summed E-state index contributed by atoms with van der Waals surface area (Å²) in [7, 11) is 0. The van der Waals surface area contributed by atoms with Crippen LogP contribution >= 0.6 is 0 Å². The van der Waals surface area contributed by atoms with E-state index in [-0.39, 0.29) is 5.91 Å². The Bertz CT molecular complexity index is 627. The first-order chi connectivity index (χ1) is 10.3. The number of amides is 1. The number of carbonyl (C=O) groups excluding carboxylic acids is 1. The van der Waals surface area contributed by atoms with E-state index in [0.29, 0.717) is 13.0 Å². The zero-order valence-electron chi connectivity index (χ0n) is 12.2. The second-order valence-corrected chi connectivity index (χ2v) is 5.40. The standard InChI is InChI=1S/C17H21N3O/c18-9-8-17(21)20-12-10-19(11-13-20)16-7-3-5-14-4-1-2-6-15(14)16/h1-7H,8-13,18H2. The molecule has 0 aliphatic carbocycles. The molecule has 1 saturated heterocycles. The Kier molecular flexibility index (Phi) is 4.06. The Morgan fingerprint density at radius 1 is 1.00 bits per heavy atom. The molecule has 2 N–H and O–H groups in total. The van der Waals surface area contributed by atoms with E-state index >= 15 is 0 Å². The molecule has 0 bridgehead atoms. The second-order valence-electron chi connectivity index (χ2n) is 5.40. The average molecular weight is 283 g/mol.